The van der Waals surface area contributed by atoms with Crippen molar-refractivity contribution in [1.29, 1.82) is 0 Å². The van der Waals surface area contributed by atoms with Gasteiger partial charge in [0.1, 0.15) is 0 Å². The fraction of sp³-hybridized carbons (Fsp3) is 0.294. The zero-order valence-corrected chi connectivity index (χ0v) is 15.2. The maximum absolute atomic E-state index is 12.5. The number of hydrogen-bond donors (Lipinski definition) is 2. The Labute approximate surface area is 155 Å². The molecule has 0 aliphatic heterocycles. The Kier molecular flexibility index (Phi) is 6.75. The van der Waals surface area contributed by atoms with Crippen LogP contribution >= 0.6 is 0 Å². The molecular formula is C17H20N6O4. The van der Waals surface area contributed by atoms with Gasteiger partial charge in [0, 0.05) is 6.04 Å². The van der Waals surface area contributed by atoms with E-state index in [1.807, 2.05) is 18.2 Å². The average Bonchev–Trinajstić information content (AvgIpc) is 3.03. The fourth-order valence-electron chi connectivity index (χ4n) is 2.03. The molecule has 10 heteroatoms. The molecule has 0 aliphatic rings. The van der Waals surface area contributed by atoms with Gasteiger partial charge in [-0.05, 0) is 42.8 Å². The number of carbonyl (C=O) groups is 3. The van der Waals surface area contributed by atoms with E-state index < -0.39 is 24.5 Å². The van der Waals surface area contributed by atoms with E-state index in [2.05, 4.69) is 26.2 Å². The average molecular weight is 372 g/mol. The highest BCUT2D eigenvalue weighted by Gasteiger charge is 2.19. The second-order valence-corrected chi connectivity index (χ2v) is 5.83. The molecule has 10 nitrogen and oxygen atoms in total. The number of esters is 1. The molecule has 2 rings (SSSR count). The molecule has 2 aromatic rings. The molecule has 1 aromatic carbocycles. The Morgan fingerprint density at radius 1 is 1.22 bits per heavy atom. The molecule has 0 bridgehead atoms. The Morgan fingerprint density at radius 2 is 1.93 bits per heavy atom. The monoisotopic (exact) mass is 372 g/mol. The van der Waals surface area contributed by atoms with Crippen molar-refractivity contribution in [1.82, 2.24) is 30.8 Å². The minimum absolute atomic E-state index is 0.0307. The molecule has 1 aromatic heterocycles. The maximum atomic E-state index is 12.5. The number of nitrogens with one attached hydrogen (secondary N) is 2. The van der Waals surface area contributed by atoms with Gasteiger partial charge in [0.25, 0.3) is 5.91 Å². The largest absolute Gasteiger partial charge is 0.451 e. The maximum Gasteiger partial charge on any atom is 0.357 e. The second kappa shape index (κ2) is 9.22. The summed E-state index contributed by atoms with van der Waals surface area (Å²) in [6, 6.07) is 8.23. The van der Waals surface area contributed by atoms with Crippen molar-refractivity contribution in [2.75, 3.05) is 6.61 Å². The van der Waals surface area contributed by atoms with Gasteiger partial charge in [0.15, 0.2) is 18.1 Å². The van der Waals surface area contributed by atoms with Crippen molar-refractivity contribution in [3.05, 3.63) is 41.7 Å². The van der Waals surface area contributed by atoms with Gasteiger partial charge in [0.05, 0.1) is 0 Å². The van der Waals surface area contributed by atoms with Crippen LogP contribution in [0.15, 0.2) is 30.3 Å². The number of aromatic nitrogens is 4. The van der Waals surface area contributed by atoms with Crippen LogP contribution in [0.3, 0.4) is 0 Å². The third kappa shape index (κ3) is 6.03. The molecule has 0 saturated carbocycles. The number of amides is 3. The van der Waals surface area contributed by atoms with Gasteiger partial charge in [-0.2, -0.15) is 4.68 Å². The molecule has 0 saturated heterocycles. The first kappa shape index (κ1) is 19.8. The second-order valence-electron chi connectivity index (χ2n) is 5.83. The first-order valence-electron chi connectivity index (χ1n) is 8.16. The Hall–Kier alpha value is -3.56. The predicted molar refractivity (Wildman–Crippen MR) is 95.9 cm³/mol. The normalized spacial score (nSPS) is 11.2. The summed E-state index contributed by atoms with van der Waals surface area (Å²) in [5.41, 5.74) is 0.753. The predicted octanol–water partition coefficient (Wildman–Crippen LogP) is 0.757. The number of hydrogen-bond acceptors (Lipinski definition) is 7. The lowest BCUT2D eigenvalue weighted by Crippen LogP contribution is -2.44. The number of nitrogens with zero attached hydrogens (tertiary/aromatic N) is 4. The summed E-state index contributed by atoms with van der Waals surface area (Å²) >= 11 is 0. The van der Waals surface area contributed by atoms with Crippen molar-refractivity contribution in [3.63, 3.8) is 0 Å². The SMILES string of the molecule is Cc1nnnn1/C(=C\c1ccccc1)C(=O)OCC(=O)NC(=O)NC(C)C. The summed E-state index contributed by atoms with van der Waals surface area (Å²) in [6.07, 6.45) is 1.54. The van der Waals surface area contributed by atoms with Gasteiger partial charge in [-0.25, -0.2) is 9.59 Å². The summed E-state index contributed by atoms with van der Waals surface area (Å²) in [5, 5.41) is 15.6. The Bertz CT molecular complexity index is 844. The first-order valence-corrected chi connectivity index (χ1v) is 8.16. The van der Waals surface area contributed by atoms with Crippen molar-refractivity contribution >= 4 is 29.7 Å². The minimum Gasteiger partial charge on any atom is -0.451 e. The molecule has 27 heavy (non-hydrogen) atoms. The molecule has 3 amide bonds. The van der Waals surface area contributed by atoms with E-state index in [1.165, 1.54) is 10.8 Å². The number of rotatable bonds is 6. The molecule has 0 spiro atoms. The van der Waals surface area contributed by atoms with Crippen LogP contribution in [0.4, 0.5) is 4.79 Å². The summed E-state index contributed by atoms with van der Waals surface area (Å²) < 4.78 is 6.21. The number of ether oxygens (including phenoxy) is 1. The third-order valence-corrected chi connectivity index (χ3v) is 3.17. The fourth-order valence-corrected chi connectivity index (χ4v) is 2.03. The van der Waals surface area contributed by atoms with Gasteiger partial charge in [0.2, 0.25) is 0 Å². The number of carbonyl (C=O) groups excluding carboxylic acids is 3. The van der Waals surface area contributed by atoms with Crippen molar-refractivity contribution in [2.24, 2.45) is 0 Å². The van der Waals surface area contributed by atoms with Gasteiger partial charge >= 0.3 is 12.0 Å². The molecule has 142 valence electrons. The minimum atomic E-state index is -0.811. The molecule has 2 N–H and O–H groups in total. The highest BCUT2D eigenvalue weighted by atomic mass is 16.5. The lowest BCUT2D eigenvalue weighted by Gasteiger charge is -2.11. The summed E-state index contributed by atoms with van der Waals surface area (Å²) in [4.78, 5) is 35.7. The van der Waals surface area contributed by atoms with E-state index in [0.717, 1.165) is 5.56 Å². The van der Waals surface area contributed by atoms with Crippen LogP contribution in [0.1, 0.15) is 25.2 Å². The van der Waals surface area contributed by atoms with Crippen LogP contribution in [0.25, 0.3) is 11.8 Å². The van der Waals surface area contributed by atoms with Gasteiger partial charge < -0.3 is 10.1 Å². The number of aryl methyl sites for hydroxylation is 1. The van der Waals surface area contributed by atoms with E-state index in [4.69, 9.17) is 4.74 Å². The summed E-state index contributed by atoms with van der Waals surface area (Å²) in [5.74, 6) is -1.20. The Morgan fingerprint density at radius 3 is 2.52 bits per heavy atom. The molecule has 0 radical (unpaired) electrons. The zero-order valence-electron chi connectivity index (χ0n) is 15.2. The molecule has 0 unspecified atom stereocenters. The van der Waals surface area contributed by atoms with Gasteiger partial charge in [-0.1, -0.05) is 30.3 Å². The van der Waals surface area contributed by atoms with E-state index in [9.17, 15) is 14.4 Å². The molecule has 1 heterocycles. The van der Waals surface area contributed by atoms with Gasteiger partial charge in [-0.15, -0.1) is 5.10 Å². The van der Waals surface area contributed by atoms with E-state index in [-0.39, 0.29) is 11.7 Å². The quantitative estimate of drug-likeness (QED) is 0.566. The number of tetrazole rings is 1. The number of benzene rings is 1. The first-order chi connectivity index (χ1) is 12.9. The van der Waals surface area contributed by atoms with Crippen LogP contribution in [-0.2, 0) is 14.3 Å². The van der Waals surface area contributed by atoms with Gasteiger partial charge in [-0.3, -0.25) is 10.1 Å². The van der Waals surface area contributed by atoms with Crippen molar-refractivity contribution in [2.45, 2.75) is 26.8 Å². The van der Waals surface area contributed by atoms with Crippen LogP contribution in [0, 0.1) is 6.92 Å². The molecule has 0 atom stereocenters. The molecule has 0 aliphatic carbocycles. The standard InChI is InChI=1S/C17H20N6O4/c1-11(2)18-17(26)19-15(24)10-27-16(25)14(23-12(3)20-21-22-23)9-13-7-5-4-6-8-13/h4-9,11H,10H2,1-3H3,(H2,18,19,24,26)/b14-9-. The number of urea groups is 1. The molecule has 0 fully saturated rings. The highest BCUT2D eigenvalue weighted by molar-refractivity contribution is 6.15. The van der Waals surface area contributed by atoms with E-state index in [1.54, 1.807) is 32.9 Å². The lowest BCUT2D eigenvalue weighted by molar-refractivity contribution is -0.142. The zero-order chi connectivity index (χ0) is 19.8. The van der Waals surface area contributed by atoms with Crippen molar-refractivity contribution in [3.8, 4) is 0 Å². The lowest BCUT2D eigenvalue weighted by atomic mass is 10.2. The topological polar surface area (TPSA) is 128 Å². The van der Waals surface area contributed by atoms with E-state index >= 15 is 0 Å². The Balaban J connectivity index is 2.09. The van der Waals surface area contributed by atoms with Crippen LogP contribution in [0.5, 0.6) is 0 Å². The van der Waals surface area contributed by atoms with E-state index in [0.29, 0.717) is 5.82 Å². The highest BCUT2D eigenvalue weighted by Crippen LogP contribution is 2.13. The summed E-state index contributed by atoms with van der Waals surface area (Å²) in [6.45, 7) is 4.49. The van der Waals surface area contributed by atoms with Crippen LogP contribution < -0.4 is 10.6 Å². The number of imide groups is 1. The van der Waals surface area contributed by atoms with Crippen LogP contribution in [-0.4, -0.2) is 50.8 Å². The molecular weight excluding hydrogens is 352 g/mol. The van der Waals surface area contributed by atoms with Crippen LogP contribution in [0.2, 0.25) is 0 Å². The third-order valence-electron chi connectivity index (χ3n) is 3.17. The summed E-state index contributed by atoms with van der Waals surface area (Å²) in [7, 11) is 0. The smallest absolute Gasteiger partial charge is 0.357 e. The van der Waals surface area contributed by atoms with Crippen molar-refractivity contribution < 1.29 is 19.1 Å².